The minimum absolute atomic E-state index is 0.00444. The predicted molar refractivity (Wildman–Crippen MR) is 113 cm³/mol. The van der Waals surface area contributed by atoms with Crippen LogP contribution in [0.15, 0.2) is 33.5 Å². The molecule has 10 nitrogen and oxygen atoms in total. The van der Waals surface area contributed by atoms with E-state index in [-0.39, 0.29) is 41.6 Å². The quantitative estimate of drug-likeness (QED) is 0.280. The number of ether oxygens (including phenoxy) is 1. The lowest BCUT2D eigenvalue weighted by molar-refractivity contribution is -0.773. The molecule has 0 aliphatic rings. The van der Waals surface area contributed by atoms with Crippen LogP contribution in [0.5, 0.6) is 0 Å². The number of quaternary nitrogens is 1. The summed E-state index contributed by atoms with van der Waals surface area (Å²) < 4.78 is 10.2. The second-order valence-electron chi connectivity index (χ2n) is 6.75. The van der Waals surface area contributed by atoms with E-state index in [9.17, 15) is 24.4 Å². The van der Waals surface area contributed by atoms with Gasteiger partial charge in [-0.2, -0.15) is 0 Å². The maximum absolute atomic E-state index is 12.7. The molecule has 2 aromatic rings. The fourth-order valence-corrected chi connectivity index (χ4v) is 2.95. The maximum atomic E-state index is 12.7. The highest BCUT2D eigenvalue weighted by atomic mass is 16.5. The Kier molecular flexibility index (Phi) is 8.71. The molecule has 0 aliphatic carbocycles. The molecule has 0 radical (unpaired) electrons. The molecule has 0 saturated heterocycles. The summed E-state index contributed by atoms with van der Waals surface area (Å²) in [5.74, 6) is -1.82. The molecule has 0 saturated carbocycles. The molecule has 1 heterocycles. The number of hydrogen-bond acceptors (Lipinski definition) is 7. The summed E-state index contributed by atoms with van der Waals surface area (Å²) in [6.07, 6.45) is -0.00309. The van der Waals surface area contributed by atoms with Crippen LogP contribution in [0.2, 0.25) is 0 Å². The number of hydroxylamine groups is 1. The van der Waals surface area contributed by atoms with Crippen LogP contribution in [0.3, 0.4) is 0 Å². The van der Waals surface area contributed by atoms with Crippen molar-refractivity contribution in [1.82, 2.24) is 10.6 Å². The monoisotopic (exact) mass is 433 g/mol. The van der Waals surface area contributed by atoms with Crippen LogP contribution in [-0.2, 0) is 14.3 Å². The molecule has 31 heavy (non-hydrogen) atoms. The molecule has 2 amide bonds. The molecule has 1 unspecified atom stereocenters. The lowest BCUT2D eigenvalue weighted by Crippen LogP contribution is -3.01. The average Bonchev–Trinajstić information content (AvgIpc) is 2.75. The first kappa shape index (κ1) is 24.0. The van der Waals surface area contributed by atoms with E-state index in [4.69, 9.17) is 9.15 Å². The van der Waals surface area contributed by atoms with E-state index < -0.39 is 23.5 Å². The van der Waals surface area contributed by atoms with E-state index in [1.54, 1.807) is 32.9 Å². The van der Waals surface area contributed by atoms with Gasteiger partial charge in [-0.15, -0.1) is 0 Å². The van der Waals surface area contributed by atoms with Crippen LogP contribution in [0.25, 0.3) is 11.0 Å². The van der Waals surface area contributed by atoms with E-state index in [2.05, 4.69) is 10.6 Å². The first-order valence-corrected chi connectivity index (χ1v) is 10.2. The fourth-order valence-electron chi connectivity index (χ4n) is 2.95. The number of nitrogens with one attached hydrogen (secondary N) is 3. The zero-order valence-electron chi connectivity index (χ0n) is 17.8. The van der Waals surface area contributed by atoms with Gasteiger partial charge >= 0.3 is 11.6 Å². The van der Waals surface area contributed by atoms with Gasteiger partial charge in [0.15, 0.2) is 0 Å². The standard InChI is InChI=1S/C21H27N3O7/c1-4-22-18(25)10-8-16(21(28)30-6-3)23-19(26)15-12-13-11-14(24(29)5-2)7-9-17(13)31-20(15)27/h7,9,11-12,16,24H,4-6,8,10H2,1-3H3,(H,22,25)(H,23,26)/t16-/m0/s1. The highest BCUT2D eigenvalue weighted by molar-refractivity contribution is 5.99. The van der Waals surface area contributed by atoms with Gasteiger partial charge in [0.25, 0.3) is 5.91 Å². The average molecular weight is 433 g/mol. The van der Waals surface area contributed by atoms with Crippen molar-refractivity contribution in [2.75, 3.05) is 19.7 Å². The van der Waals surface area contributed by atoms with Crippen molar-refractivity contribution in [3.05, 3.63) is 45.5 Å². The van der Waals surface area contributed by atoms with Gasteiger partial charge in [0.05, 0.1) is 13.2 Å². The van der Waals surface area contributed by atoms with Crippen molar-refractivity contribution in [1.29, 1.82) is 0 Å². The summed E-state index contributed by atoms with van der Waals surface area (Å²) in [6, 6.07) is 4.79. The second kappa shape index (κ2) is 11.2. The third-order valence-corrected chi connectivity index (χ3v) is 4.53. The topological polar surface area (TPSA) is 142 Å². The first-order valence-electron chi connectivity index (χ1n) is 10.2. The molecule has 0 spiro atoms. The van der Waals surface area contributed by atoms with Gasteiger partial charge in [0.2, 0.25) is 5.91 Å². The Morgan fingerprint density at radius 3 is 2.58 bits per heavy atom. The van der Waals surface area contributed by atoms with Gasteiger partial charge in [-0.05, 0) is 39.3 Å². The number of benzene rings is 1. The Bertz CT molecular complexity index is 1000. The number of carbonyl (C=O) groups excluding carboxylic acids is 3. The number of esters is 1. The summed E-state index contributed by atoms with van der Waals surface area (Å²) in [6.45, 7) is 5.96. The summed E-state index contributed by atoms with van der Waals surface area (Å²) in [7, 11) is 0. The molecule has 1 aromatic heterocycles. The van der Waals surface area contributed by atoms with Crippen molar-refractivity contribution in [3.63, 3.8) is 0 Å². The highest BCUT2D eigenvalue weighted by Gasteiger charge is 2.25. The van der Waals surface area contributed by atoms with Gasteiger partial charge < -0.3 is 30.1 Å². The molecule has 10 heteroatoms. The van der Waals surface area contributed by atoms with Crippen molar-refractivity contribution in [2.45, 2.75) is 39.7 Å². The van der Waals surface area contributed by atoms with Crippen molar-refractivity contribution in [2.24, 2.45) is 0 Å². The minimum atomic E-state index is -1.11. The van der Waals surface area contributed by atoms with Crippen molar-refractivity contribution >= 4 is 34.4 Å². The Morgan fingerprint density at radius 1 is 1.19 bits per heavy atom. The smallest absolute Gasteiger partial charge is 0.349 e. The zero-order valence-corrected chi connectivity index (χ0v) is 17.8. The van der Waals surface area contributed by atoms with Crippen LogP contribution >= 0.6 is 0 Å². The van der Waals surface area contributed by atoms with Crippen LogP contribution in [0.1, 0.15) is 44.0 Å². The summed E-state index contributed by atoms with van der Waals surface area (Å²) >= 11 is 0. The molecule has 0 aliphatic heterocycles. The summed E-state index contributed by atoms with van der Waals surface area (Å²) in [4.78, 5) is 49.0. The lowest BCUT2D eigenvalue weighted by atomic mass is 10.1. The number of hydrogen-bond donors (Lipinski definition) is 3. The van der Waals surface area contributed by atoms with E-state index >= 15 is 0 Å². The molecule has 0 fully saturated rings. The Hall–Kier alpha value is -3.24. The normalized spacial score (nSPS) is 12.8. The van der Waals surface area contributed by atoms with Crippen molar-refractivity contribution < 1.29 is 28.6 Å². The van der Waals surface area contributed by atoms with Crippen LogP contribution in [0, 0.1) is 5.21 Å². The van der Waals surface area contributed by atoms with E-state index in [1.807, 2.05) is 0 Å². The third kappa shape index (κ3) is 6.37. The Labute approximate surface area is 179 Å². The highest BCUT2D eigenvalue weighted by Crippen LogP contribution is 2.17. The molecule has 2 atom stereocenters. The number of carbonyl (C=O) groups is 3. The maximum Gasteiger partial charge on any atom is 0.349 e. The number of amides is 2. The van der Waals surface area contributed by atoms with Gasteiger partial charge in [-0.3, -0.25) is 9.59 Å². The van der Waals surface area contributed by atoms with Gasteiger partial charge in [-0.1, -0.05) is 0 Å². The Balaban J connectivity index is 2.28. The largest absolute Gasteiger partial charge is 0.629 e. The Morgan fingerprint density at radius 2 is 1.94 bits per heavy atom. The summed E-state index contributed by atoms with van der Waals surface area (Å²) in [5, 5.41) is 17.3. The summed E-state index contributed by atoms with van der Waals surface area (Å²) in [5.41, 5.74) is -0.541. The van der Waals surface area contributed by atoms with Crippen molar-refractivity contribution in [3.8, 4) is 0 Å². The van der Waals surface area contributed by atoms with E-state index in [0.717, 1.165) is 0 Å². The first-order chi connectivity index (χ1) is 14.8. The third-order valence-electron chi connectivity index (χ3n) is 4.53. The van der Waals surface area contributed by atoms with Gasteiger partial charge in [0.1, 0.15) is 22.9 Å². The predicted octanol–water partition coefficient (Wildman–Crippen LogP) is 0.405. The molecular weight excluding hydrogens is 406 g/mol. The van der Waals surface area contributed by atoms with Gasteiger partial charge in [0, 0.05) is 30.5 Å². The molecule has 0 bridgehead atoms. The van der Waals surface area contributed by atoms with Crippen LogP contribution in [0.4, 0.5) is 5.69 Å². The fraction of sp³-hybridized carbons (Fsp3) is 0.429. The molecule has 1 aromatic carbocycles. The molecule has 3 N–H and O–H groups in total. The molecular formula is C21H27N3O7. The van der Waals surface area contributed by atoms with Crippen LogP contribution < -0.4 is 21.3 Å². The molecule has 2 rings (SSSR count). The second-order valence-corrected chi connectivity index (χ2v) is 6.75. The van der Waals surface area contributed by atoms with E-state index in [0.29, 0.717) is 24.2 Å². The van der Waals surface area contributed by atoms with E-state index in [1.165, 1.54) is 12.1 Å². The SMILES string of the molecule is CCNC(=O)CC[C@H](NC(=O)c1cc2cc([NH+]([O-])CC)ccc2oc1=O)C(=O)OCC. The number of fused-ring (bicyclic) bond motifs is 1. The minimum Gasteiger partial charge on any atom is -0.629 e. The van der Waals surface area contributed by atoms with Crippen LogP contribution in [-0.4, -0.2) is 43.5 Å². The zero-order chi connectivity index (χ0) is 23.0. The number of rotatable bonds is 10. The lowest BCUT2D eigenvalue weighted by Gasteiger charge is -2.19. The van der Waals surface area contributed by atoms with Gasteiger partial charge in [-0.25, -0.2) is 9.59 Å². The molecule has 168 valence electrons.